The van der Waals surface area contributed by atoms with Crippen molar-refractivity contribution in [1.29, 1.82) is 0 Å². The Kier molecular flexibility index (Phi) is 4.61. The zero-order valence-corrected chi connectivity index (χ0v) is 17.1. The lowest BCUT2D eigenvalue weighted by atomic mass is 9.61. The van der Waals surface area contributed by atoms with Crippen LogP contribution in [-0.4, -0.2) is 13.2 Å². The standard InChI is InChI=1S/C21H32OSi/c1-15-13-18-19(21(4,5)11-10-20(18,2)3)16(17(15)14-22)9-12-23(6,7)8/h13,22H,10-11,14H2,1-8H3. The van der Waals surface area contributed by atoms with Crippen LogP contribution in [0.3, 0.4) is 0 Å². The SMILES string of the molecule is Cc1cc2c(c(C#C[Si](C)(C)C)c1CO)C(C)(C)CCC2(C)C. The molecular formula is C21H32OSi. The average Bonchev–Trinajstić information content (AvgIpc) is 2.40. The van der Waals surface area contributed by atoms with Gasteiger partial charge in [0.2, 0.25) is 0 Å². The fourth-order valence-corrected chi connectivity index (χ4v) is 4.07. The van der Waals surface area contributed by atoms with Gasteiger partial charge < -0.3 is 5.11 Å². The van der Waals surface area contributed by atoms with E-state index in [2.05, 4.69) is 71.8 Å². The minimum absolute atomic E-state index is 0.0747. The van der Waals surface area contributed by atoms with Crippen LogP contribution in [0.4, 0.5) is 0 Å². The molecule has 23 heavy (non-hydrogen) atoms. The van der Waals surface area contributed by atoms with Crippen molar-refractivity contribution in [2.75, 3.05) is 0 Å². The van der Waals surface area contributed by atoms with Crippen molar-refractivity contribution in [2.45, 2.75) is 84.5 Å². The molecule has 1 aromatic carbocycles. The number of hydrogen-bond acceptors (Lipinski definition) is 1. The van der Waals surface area contributed by atoms with Gasteiger partial charge in [0.1, 0.15) is 8.07 Å². The largest absolute Gasteiger partial charge is 0.392 e. The molecule has 1 aliphatic carbocycles. The van der Waals surface area contributed by atoms with Crippen molar-refractivity contribution in [3.63, 3.8) is 0 Å². The Morgan fingerprint density at radius 1 is 1.09 bits per heavy atom. The van der Waals surface area contributed by atoms with Crippen molar-refractivity contribution in [2.24, 2.45) is 0 Å². The Hall–Kier alpha value is -1.04. The number of aliphatic hydroxyl groups excluding tert-OH is 1. The van der Waals surface area contributed by atoms with E-state index in [1.807, 2.05) is 0 Å². The summed E-state index contributed by atoms with van der Waals surface area (Å²) in [5, 5.41) is 9.97. The third-order valence-electron chi connectivity index (χ3n) is 5.16. The van der Waals surface area contributed by atoms with Crippen LogP contribution in [0.25, 0.3) is 0 Å². The van der Waals surface area contributed by atoms with Crippen LogP contribution in [-0.2, 0) is 17.4 Å². The maximum atomic E-state index is 9.97. The summed E-state index contributed by atoms with van der Waals surface area (Å²) in [6.45, 7) is 18.4. The Morgan fingerprint density at radius 3 is 2.17 bits per heavy atom. The molecule has 0 saturated heterocycles. The van der Waals surface area contributed by atoms with Gasteiger partial charge in [-0.15, -0.1) is 5.54 Å². The summed E-state index contributed by atoms with van der Waals surface area (Å²) in [6.07, 6.45) is 2.37. The van der Waals surface area contributed by atoms with Gasteiger partial charge in [0, 0.05) is 5.56 Å². The van der Waals surface area contributed by atoms with E-state index in [1.54, 1.807) is 0 Å². The maximum Gasteiger partial charge on any atom is 0.129 e. The number of rotatable bonds is 1. The van der Waals surface area contributed by atoms with Gasteiger partial charge in [0.05, 0.1) is 6.61 Å². The van der Waals surface area contributed by atoms with E-state index < -0.39 is 8.07 Å². The fraction of sp³-hybridized carbons (Fsp3) is 0.619. The third-order valence-corrected chi connectivity index (χ3v) is 6.03. The summed E-state index contributed by atoms with van der Waals surface area (Å²) in [7, 11) is -1.46. The minimum Gasteiger partial charge on any atom is -0.392 e. The predicted octanol–water partition coefficient (Wildman–Crippen LogP) is 5.07. The molecule has 0 aromatic heterocycles. The fourth-order valence-electron chi connectivity index (χ4n) is 3.57. The normalized spacial score (nSPS) is 18.8. The summed E-state index contributed by atoms with van der Waals surface area (Å²) in [4.78, 5) is 0. The van der Waals surface area contributed by atoms with Crippen LogP contribution in [0.15, 0.2) is 6.07 Å². The summed E-state index contributed by atoms with van der Waals surface area (Å²) < 4.78 is 0. The maximum absolute atomic E-state index is 9.97. The Morgan fingerprint density at radius 2 is 1.65 bits per heavy atom. The quantitative estimate of drug-likeness (QED) is 0.564. The van der Waals surface area contributed by atoms with Gasteiger partial charge in [-0.05, 0) is 52.8 Å². The second kappa shape index (κ2) is 5.79. The van der Waals surface area contributed by atoms with Crippen molar-refractivity contribution < 1.29 is 5.11 Å². The number of fused-ring (bicyclic) bond motifs is 1. The van der Waals surface area contributed by atoms with Crippen LogP contribution in [0.1, 0.15) is 68.4 Å². The molecule has 1 N–H and O–H groups in total. The topological polar surface area (TPSA) is 20.2 Å². The van der Waals surface area contributed by atoms with Crippen LogP contribution in [0, 0.1) is 18.4 Å². The molecule has 0 spiro atoms. The second-order valence-electron chi connectivity index (χ2n) is 9.40. The van der Waals surface area contributed by atoms with E-state index in [-0.39, 0.29) is 17.4 Å². The zero-order valence-electron chi connectivity index (χ0n) is 16.1. The molecule has 0 amide bonds. The lowest BCUT2D eigenvalue weighted by molar-refractivity contribution is 0.278. The van der Waals surface area contributed by atoms with Crippen LogP contribution < -0.4 is 0 Å². The monoisotopic (exact) mass is 328 g/mol. The first kappa shape index (κ1) is 18.3. The van der Waals surface area contributed by atoms with Gasteiger partial charge in [-0.2, -0.15) is 0 Å². The number of aryl methyl sites for hydroxylation is 1. The molecule has 1 aliphatic rings. The van der Waals surface area contributed by atoms with Gasteiger partial charge in [0.15, 0.2) is 0 Å². The molecule has 0 bridgehead atoms. The van der Waals surface area contributed by atoms with Crippen molar-refractivity contribution in [3.8, 4) is 11.5 Å². The van der Waals surface area contributed by atoms with Gasteiger partial charge >= 0.3 is 0 Å². The smallest absolute Gasteiger partial charge is 0.129 e. The molecule has 0 fully saturated rings. The van der Waals surface area contributed by atoms with E-state index in [1.165, 1.54) is 29.5 Å². The highest BCUT2D eigenvalue weighted by atomic mass is 28.3. The Labute approximate surface area is 143 Å². The van der Waals surface area contributed by atoms with Gasteiger partial charge in [0.25, 0.3) is 0 Å². The van der Waals surface area contributed by atoms with Gasteiger partial charge in [-0.1, -0.05) is 59.3 Å². The molecule has 0 heterocycles. The van der Waals surface area contributed by atoms with E-state index in [4.69, 9.17) is 0 Å². The lowest BCUT2D eigenvalue weighted by Crippen LogP contribution is -2.35. The molecule has 0 atom stereocenters. The number of aliphatic hydroxyl groups is 1. The highest BCUT2D eigenvalue weighted by Crippen LogP contribution is 2.48. The number of hydrogen-bond donors (Lipinski definition) is 1. The molecule has 0 saturated carbocycles. The minimum atomic E-state index is -1.46. The van der Waals surface area contributed by atoms with Crippen molar-refractivity contribution in [3.05, 3.63) is 33.9 Å². The van der Waals surface area contributed by atoms with E-state index in [0.717, 1.165) is 11.1 Å². The summed E-state index contributed by atoms with van der Waals surface area (Å²) in [6, 6.07) is 2.31. The zero-order chi connectivity index (χ0) is 17.6. The molecule has 1 aromatic rings. The molecule has 126 valence electrons. The van der Waals surface area contributed by atoms with Crippen LogP contribution >= 0.6 is 0 Å². The van der Waals surface area contributed by atoms with E-state index >= 15 is 0 Å². The molecule has 0 radical (unpaired) electrons. The average molecular weight is 329 g/mol. The third kappa shape index (κ3) is 3.57. The highest BCUT2D eigenvalue weighted by Gasteiger charge is 2.39. The van der Waals surface area contributed by atoms with Crippen LogP contribution in [0.2, 0.25) is 19.6 Å². The lowest BCUT2D eigenvalue weighted by Gasteiger charge is -2.43. The molecule has 0 unspecified atom stereocenters. The second-order valence-corrected chi connectivity index (χ2v) is 14.1. The van der Waals surface area contributed by atoms with Gasteiger partial charge in [-0.25, -0.2) is 0 Å². The van der Waals surface area contributed by atoms with Crippen molar-refractivity contribution >= 4 is 8.07 Å². The summed E-state index contributed by atoms with van der Waals surface area (Å²) in [5.74, 6) is 3.52. The van der Waals surface area contributed by atoms with E-state index in [0.29, 0.717) is 0 Å². The summed E-state index contributed by atoms with van der Waals surface area (Å²) >= 11 is 0. The Bertz CT molecular complexity index is 679. The first-order valence-electron chi connectivity index (χ1n) is 8.70. The molecular weight excluding hydrogens is 296 g/mol. The highest BCUT2D eigenvalue weighted by molar-refractivity contribution is 6.83. The Balaban J connectivity index is 2.87. The van der Waals surface area contributed by atoms with Crippen LogP contribution in [0.5, 0.6) is 0 Å². The molecule has 2 rings (SSSR count). The predicted molar refractivity (Wildman–Crippen MR) is 103 cm³/mol. The molecule has 0 aliphatic heterocycles. The molecule has 1 nitrogen and oxygen atoms in total. The molecule has 2 heteroatoms. The van der Waals surface area contributed by atoms with Crippen molar-refractivity contribution in [1.82, 2.24) is 0 Å². The first-order valence-corrected chi connectivity index (χ1v) is 12.2. The van der Waals surface area contributed by atoms with E-state index in [9.17, 15) is 5.11 Å². The first-order chi connectivity index (χ1) is 10.4. The van der Waals surface area contributed by atoms with Gasteiger partial charge in [-0.3, -0.25) is 0 Å². The summed E-state index contributed by atoms with van der Waals surface area (Å²) in [5.41, 5.74) is 9.97. The number of benzene rings is 1.